The van der Waals surface area contributed by atoms with E-state index in [-0.39, 0.29) is 23.7 Å². The summed E-state index contributed by atoms with van der Waals surface area (Å²) >= 11 is 0. The molecule has 166 valence electrons. The zero-order chi connectivity index (χ0) is 22.2. The number of carbonyl (C=O) groups is 1. The topological polar surface area (TPSA) is 41.6 Å². The molecular weight excluding hydrogens is 403 g/mol. The number of amides is 1. The van der Waals surface area contributed by atoms with Crippen molar-refractivity contribution in [1.29, 1.82) is 0 Å². The second kappa shape index (κ2) is 10.9. The maximum Gasteiger partial charge on any atom is 0.226 e. The predicted molar refractivity (Wildman–Crippen MR) is 124 cm³/mol. The predicted octanol–water partition coefficient (Wildman–Crippen LogP) is 4.82. The fourth-order valence-corrected chi connectivity index (χ4v) is 4.28. The maximum absolute atomic E-state index is 13.8. The number of halogens is 1. The van der Waals surface area contributed by atoms with Crippen LogP contribution in [0.4, 0.5) is 4.39 Å². The third-order valence-corrected chi connectivity index (χ3v) is 5.93. The average Bonchev–Trinajstić information content (AvgIpc) is 2.86. The van der Waals surface area contributed by atoms with Crippen LogP contribution in [-0.2, 0) is 4.79 Å². The Kier molecular flexibility index (Phi) is 7.51. The lowest BCUT2D eigenvalue weighted by Gasteiger charge is -2.36. The quantitative estimate of drug-likeness (QED) is 0.555. The first-order valence-corrected chi connectivity index (χ1v) is 11.2. The van der Waals surface area contributed by atoms with E-state index in [2.05, 4.69) is 5.32 Å². The molecule has 4 nitrogen and oxygen atoms in total. The first-order valence-electron chi connectivity index (χ1n) is 11.2. The summed E-state index contributed by atoms with van der Waals surface area (Å²) in [6.07, 6.45) is 1.64. The molecule has 0 aliphatic carbocycles. The van der Waals surface area contributed by atoms with Crippen LogP contribution in [0.25, 0.3) is 0 Å². The molecule has 4 rings (SSSR count). The number of rotatable bonds is 8. The van der Waals surface area contributed by atoms with E-state index in [1.54, 1.807) is 12.1 Å². The number of hydrogen-bond donors (Lipinski definition) is 1. The van der Waals surface area contributed by atoms with E-state index in [1.807, 2.05) is 65.6 Å². The van der Waals surface area contributed by atoms with Gasteiger partial charge in [0.15, 0.2) is 0 Å². The summed E-state index contributed by atoms with van der Waals surface area (Å²) in [6, 6.07) is 25.7. The molecule has 1 N–H and O–H groups in total. The lowest BCUT2D eigenvalue weighted by Crippen LogP contribution is -2.44. The van der Waals surface area contributed by atoms with Gasteiger partial charge in [-0.3, -0.25) is 4.79 Å². The highest BCUT2D eigenvalue weighted by Crippen LogP contribution is 2.31. The Bertz CT molecular complexity index is 974. The van der Waals surface area contributed by atoms with Crippen molar-refractivity contribution >= 4 is 5.91 Å². The van der Waals surface area contributed by atoms with Gasteiger partial charge in [-0.1, -0.05) is 60.7 Å². The van der Waals surface area contributed by atoms with E-state index in [1.165, 1.54) is 12.1 Å². The largest absolute Gasteiger partial charge is 0.492 e. The number of para-hydroxylation sites is 1. The van der Waals surface area contributed by atoms with Crippen molar-refractivity contribution in [2.75, 3.05) is 26.2 Å². The van der Waals surface area contributed by atoms with Crippen LogP contribution in [0.15, 0.2) is 84.9 Å². The molecule has 1 unspecified atom stereocenters. The van der Waals surface area contributed by atoms with Gasteiger partial charge in [0.2, 0.25) is 5.91 Å². The van der Waals surface area contributed by atoms with E-state index < -0.39 is 0 Å². The van der Waals surface area contributed by atoms with Crippen LogP contribution in [0.5, 0.6) is 5.75 Å². The molecule has 1 aliphatic heterocycles. The molecule has 5 heteroatoms. The number of hydrogen-bond acceptors (Lipinski definition) is 3. The Morgan fingerprint density at radius 3 is 2.16 bits per heavy atom. The summed E-state index contributed by atoms with van der Waals surface area (Å²) in [4.78, 5) is 15.7. The van der Waals surface area contributed by atoms with Gasteiger partial charge >= 0.3 is 0 Å². The molecule has 1 amide bonds. The zero-order valence-corrected chi connectivity index (χ0v) is 18.1. The molecule has 3 aromatic rings. The molecule has 1 atom stereocenters. The van der Waals surface area contributed by atoms with Gasteiger partial charge < -0.3 is 15.0 Å². The molecule has 0 saturated carbocycles. The molecule has 0 spiro atoms. The fourth-order valence-electron chi connectivity index (χ4n) is 4.28. The normalized spacial score (nSPS) is 15.2. The molecule has 0 bridgehead atoms. The Hall–Kier alpha value is -3.18. The van der Waals surface area contributed by atoms with Gasteiger partial charge in [-0.05, 0) is 61.3 Å². The molecule has 32 heavy (non-hydrogen) atoms. The number of piperidine rings is 1. The van der Waals surface area contributed by atoms with Crippen LogP contribution in [0.1, 0.15) is 30.0 Å². The van der Waals surface area contributed by atoms with Crippen LogP contribution in [0, 0.1) is 11.7 Å². The summed E-state index contributed by atoms with van der Waals surface area (Å²) in [5, 5.41) is 3.33. The smallest absolute Gasteiger partial charge is 0.226 e. The minimum atomic E-state index is -0.307. The summed E-state index contributed by atoms with van der Waals surface area (Å²) in [7, 11) is 0. The van der Waals surface area contributed by atoms with Crippen molar-refractivity contribution in [3.8, 4) is 5.75 Å². The van der Waals surface area contributed by atoms with Gasteiger partial charge in [-0.2, -0.15) is 0 Å². The van der Waals surface area contributed by atoms with Gasteiger partial charge in [-0.15, -0.1) is 0 Å². The molecule has 1 fully saturated rings. The number of ether oxygens (including phenoxy) is 1. The lowest BCUT2D eigenvalue weighted by molar-refractivity contribution is -0.138. The third kappa shape index (κ3) is 5.54. The van der Waals surface area contributed by atoms with Crippen molar-refractivity contribution in [3.05, 3.63) is 102 Å². The molecule has 0 radical (unpaired) electrons. The van der Waals surface area contributed by atoms with Crippen LogP contribution >= 0.6 is 0 Å². The van der Waals surface area contributed by atoms with E-state index in [9.17, 15) is 9.18 Å². The monoisotopic (exact) mass is 432 g/mol. The van der Waals surface area contributed by atoms with Crippen molar-refractivity contribution < 1.29 is 13.9 Å². The third-order valence-electron chi connectivity index (χ3n) is 5.93. The highest BCUT2D eigenvalue weighted by molar-refractivity contribution is 5.80. The SMILES string of the molecule is O=C(C1CCNCC1)N(CCOc1ccccc1)C(c1ccccc1)c1ccc(F)cc1. The van der Waals surface area contributed by atoms with Gasteiger partial charge in [-0.25, -0.2) is 4.39 Å². The molecule has 1 saturated heterocycles. The summed E-state index contributed by atoms with van der Waals surface area (Å²) in [6.45, 7) is 2.51. The second-order valence-electron chi connectivity index (χ2n) is 8.08. The van der Waals surface area contributed by atoms with Crippen LogP contribution in [0.2, 0.25) is 0 Å². The number of nitrogens with one attached hydrogen (secondary N) is 1. The highest BCUT2D eigenvalue weighted by Gasteiger charge is 2.32. The summed E-state index contributed by atoms with van der Waals surface area (Å²) in [5.41, 5.74) is 1.89. The molecule has 3 aromatic carbocycles. The van der Waals surface area contributed by atoms with Gasteiger partial charge in [0.1, 0.15) is 18.2 Å². The van der Waals surface area contributed by atoms with E-state index in [0.29, 0.717) is 13.2 Å². The van der Waals surface area contributed by atoms with Gasteiger partial charge in [0.25, 0.3) is 0 Å². The molecular formula is C27H29FN2O2. The molecule has 0 aromatic heterocycles. The highest BCUT2D eigenvalue weighted by atomic mass is 19.1. The van der Waals surface area contributed by atoms with Crippen LogP contribution in [0.3, 0.4) is 0 Å². The summed E-state index contributed by atoms with van der Waals surface area (Å²) < 4.78 is 19.6. The van der Waals surface area contributed by atoms with Crippen molar-refractivity contribution in [2.45, 2.75) is 18.9 Å². The first-order chi connectivity index (χ1) is 15.7. The Labute approximate surface area is 189 Å². The summed E-state index contributed by atoms with van der Waals surface area (Å²) in [5.74, 6) is 0.588. The molecule has 1 heterocycles. The zero-order valence-electron chi connectivity index (χ0n) is 18.1. The van der Waals surface area contributed by atoms with Crippen molar-refractivity contribution in [3.63, 3.8) is 0 Å². The lowest BCUT2D eigenvalue weighted by atomic mass is 9.92. The fraction of sp³-hybridized carbons (Fsp3) is 0.296. The number of carbonyl (C=O) groups excluding carboxylic acids is 1. The molecule has 1 aliphatic rings. The van der Waals surface area contributed by atoms with Crippen LogP contribution in [-0.4, -0.2) is 37.0 Å². The number of nitrogens with zero attached hydrogens (tertiary/aromatic N) is 1. The minimum Gasteiger partial charge on any atom is -0.492 e. The van der Waals surface area contributed by atoms with E-state index >= 15 is 0 Å². The average molecular weight is 433 g/mol. The van der Waals surface area contributed by atoms with E-state index in [4.69, 9.17) is 4.74 Å². The van der Waals surface area contributed by atoms with Crippen molar-refractivity contribution in [1.82, 2.24) is 10.2 Å². The standard InChI is InChI=1S/C27H29FN2O2/c28-24-13-11-22(12-14-24)26(21-7-3-1-4-8-21)30(27(31)23-15-17-29-18-16-23)19-20-32-25-9-5-2-6-10-25/h1-14,23,26,29H,15-20H2. The van der Waals surface area contributed by atoms with E-state index in [0.717, 1.165) is 42.8 Å². The maximum atomic E-state index is 13.8. The van der Waals surface area contributed by atoms with Gasteiger partial charge in [0.05, 0.1) is 12.6 Å². The second-order valence-corrected chi connectivity index (χ2v) is 8.08. The van der Waals surface area contributed by atoms with Crippen LogP contribution < -0.4 is 10.1 Å². The first kappa shape index (κ1) is 22.0. The Balaban J connectivity index is 1.64. The number of benzene rings is 3. The van der Waals surface area contributed by atoms with Crippen molar-refractivity contribution in [2.24, 2.45) is 5.92 Å². The Morgan fingerprint density at radius 2 is 1.50 bits per heavy atom. The van der Waals surface area contributed by atoms with Gasteiger partial charge in [0, 0.05) is 5.92 Å². The Morgan fingerprint density at radius 1 is 0.906 bits per heavy atom. The minimum absolute atomic E-state index is 0.0281.